The molecular formula is C13H16N4O. The highest BCUT2D eigenvalue weighted by molar-refractivity contribution is 5.84. The molecular weight excluding hydrogens is 228 g/mol. The molecule has 0 aromatic carbocycles. The predicted molar refractivity (Wildman–Crippen MR) is 68.1 cm³/mol. The van der Waals surface area contributed by atoms with Crippen molar-refractivity contribution in [3.05, 3.63) is 22.9 Å². The molecule has 1 unspecified atom stereocenters. The molecule has 1 aliphatic carbocycles. The molecule has 1 amide bonds. The Bertz CT molecular complexity index is 518. The Kier molecular flexibility index (Phi) is 3.47. The van der Waals surface area contributed by atoms with Crippen molar-refractivity contribution in [3.8, 4) is 6.07 Å². The normalized spacial score (nSPS) is 14.5. The Labute approximate surface area is 106 Å². The topological polar surface area (TPSA) is 77.8 Å². The fourth-order valence-corrected chi connectivity index (χ4v) is 2.15. The van der Waals surface area contributed by atoms with Crippen LogP contribution in [0.25, 0.3) is 0 Å². The molecule has 0 saturated carbocycles. The number of hydrogen-bond acceptors (Lipinski definition) is 4. The van der Waals surface area contributed by atoms with Crippen molar-refractivity contribution >= 4 is 11.7 Å². The van der Waals surface area contributed by atoms with Gasteiger partial charge < -0.3 is 10.6 Å². The van der Waals surface area contributed by atoms with Gasteiger partial charge in [0.2, 0.25) is 5.91 Å². The van der Waals surface area contributed by atoms with Crippen LogP contribution in [0.3, 0.4) is 0 Å². The molecule has 1 heterocycles. The first-order valence-electron chi connectivity index (χ1n) is 6.06. The predicted octanol–water partition coefficient (Wildman–Crippen LogP) is 0.988. The quantitative estimate of drug-likeness (QED) is 0.831. The van der Waals surface area contributed by atoms with Gasteiger partial charge in [0, 0.05) is 12.7 Å². The van der Waals surface area contributed by atoms with E-state index in [9.17, 15) is 4.79 Å². The third-order valence-corrected chi connectivity index (χ3v) is 3.16. The van der Waals surface area contributed by atoms with Crippen LogP contribution in [0.5, 0.6) is 0 Å². The van der Waals surface area contributed by atoms with Crippen molar-refractivity contribution in [1.82, 2.24) is 10.3 Å². The van der Waals surface area contributed by atoms with Crippen LogP contribution in [-0.4, -0.2) is 24.0 Å². The first-order chi connectivity index (χ1) is 8.65. The van der Waals surface area contributed by atoms with Crippen LogP contribution in [0, 0.1) is 11.3 Å². The van der Waals surface area contributed by atoms with Gasteiger partial charge in [-0.05, 0) is 37.8 Å². The second-order valence-corrected chi connectivity index (χ2v) is 4.44. The number of pyridine rings is 1. The van der Waals surface area contributed by atoms with Crippen LogP contribution >= 0.6 is 0 Å². The van der Waals surface area contributed by atoms with Crippen LogP contribution in [0.1, 0.15) is 30.2 Å². The summed E-state index contributed by atoms with van der Waals surface area (Å²) in [5.74, 6) is 0.385. The lowest BCUT2D eigenvalue weighted by atomic mass is 10.1. The van der Waals surface area contributed by atoms with Crippen LogP contribution in [0.15, 0.2) is 6.07 Å². The molecule has 0 saturated heterocycles. The molecule has 2 N–H and O–H groups in total. The van der Waals surface area contributed by atoms with Gasteiger partial charge in [-0.1, -0.05) is 0 Å². The third kappa shape index (κ3) is 2.28. The number of amides is 1. The molecule has 0 spiro atoms. The standard InChI is InChI=1S/C13H16N4O/c1-8(13(18)15-2)16-12-10(7-14)6-9-4-3-5-11(9)17-12/h6,8H,3-5H2,1-2H3,(H,15,18)(H,16,17). The number of anilines is 1. The zero-order valence-corrected chi connectivity index (χ0v) is 10.6. The number of hydrogen-bond donors (Lipinski definition) is 2. The summed E-state index contributed by atoms with van der Waals surface area (Å²) in [5, 5.41) is 14.7. The van der Waals surface area contributed by atoms with Crippen molar-refractivity contribution in [2.75, 3.05) is 12.4 Å². The smallest absolute Gasteiger partial charge is 0.241 e. The van der Waals surface area contributed by atoms with E-state index in [2.05, 4.69) is 21.7 Å². The molecule has 0 radical (unpaired) electrons. The van der Waals surface area contributed by atoms with E-state index < -0.39 is 6.04 Å². The molecule has 2 rings (SSSR count). The lowest BCUT2D eigenvalue weighted by Gasteiger charge is -2.15. The lowest BCUT2D eigenvalue weighted by molar-refractivity contribution is -0.121. The largest absolute Gasteiger partial charge is 0.358 e. The summed E-state index contributed by atoms with van der Waals surface area (Å²) >= 11 is 0. The lowest BCUT2D eigenvalue weighted by Crippen LogP contribution is -2.35. The van der Waals surface area contributed by atoms with Gasteiger partial charge in [-0.25, -0.2) is 4.98 Å². The summed E-state index contributed by atoms with van der Waals surface area (Å²) in [5.41, 5.74) is 2.71. The number of rotatable bonds is 3. The maximum absolute atomic E-state index is 11.5. The number of likely N-dealkylation sites (N-methyl/N-ethyl adjacent to an activating group) is 1. The number of carbonyl (C=O) groups excluding carboxylic acids is 1. The van der Waals surface area contributed by atoms with Crippen LogP contribution in [0.2, 0.25) is 0 Å². The van der Waals surface area contributed by atoms with Crippen molar-refractivity contribution in [2.45, 2.75) is 32.2 Å². The van der Waals surface area contributed by atoms with Gasteiger partial charge in [0.25, 0.3) is 0 Å². The monoisotopic (exact) mass is 244 g/mol. The number of carbonyl (C=O) groups is 1. The highest BCUT2D eigenvalue weighted by Gasteiger charge is 2.19. The number of aromatic nitrogens is 1. The van der Waals surface area contributed by atoms with Gasteiger partial charge in [0.15, 0.2) is 0 Å². The third-order valence-electron chi connectivity index (χ3n) is 3.16. The van der Waals surface area contributed by atoms with Crippen molar-refractivity contribution in [1.29, 1.82) is 5.26 Å². The summed E-state index contributed by atoms with van der Waals surface area (Å²) in [6.07, 6.45) is 3.02. The minimum atomic E-state index is -0.408. The molecule has 0 fully saturated rings. The summed E-state index contributed by atoms with van der Waals surface area (Å²) in [4.78, 5) is 15.9. The molecule has 1 atom stereocenters. The van der Waals surface area contributed by atoms with E-state index >= 15 is 0 Å². The van der Waals surface area contributed by atoms with E-state index in [1.54, 1.807) is 14.0 Å². The SMILES string of the molecule is CNC(=O)C(C)Nc1nc2c(cc1C#N)CCC2. The van der Waals surface area contributed by atoms with E-state index in [4.69, 9.17) is 5.26 Å². The number of nitriles is 1. The number of fused-ring (bicyclic) bond motifs is 1. The Hall–Kier alpha value is -2.09. The van der Waals surface area contributed by atoms with E-state index in [1.807, 2.05) is 6.07 Å². The van der Waals surface area contributed by atoms with Gasteiger partial charge in [0.05, 0.1) is 5.56 Å². The number of aryl methyl sites for hydroxylation is 2. The maximum Gasteiger partial charge on any atom is 0.241 e. The first-order valence-corrected chi connectivity index (χ1v) is 6.06. The molecule has 1 aromatic heterocycles. The second-order valence-electron chi connectivity index (χ2n) is 4.44. The highest BCUT2D eigenvalue weighted by atomic mass is 16.2. The summed E-state index contributed by atoms with van der Waals surface area (Å²) < 4.78 is 0. The molecule has 0 aliphatic heterocycles. The molecule has 18 heavy (non-hydrogen) atoms. The minimum absolute atomic E-state index is 0.124. The first kappa shape index (κ1) is 12.4. The van der Waals surface area contributed by atoms with E-state index in [0.717, 1.165) is 30.5 Å². The highest BCUT2D eigenvalue weighted by Crippen LogP contribution is 2.25. The van der Waals surface area contributed by atoms with Gasteiger partial charge >= 0.3 is 0 Å². The average molecular weight is 244 g/mol. The fraction of sp³-hybridized carbons (Fsp3) is 0.462. The molecule has 1 aromatic rings. The van der Waals surface area contributed by atoms with Crippen LogP contribution in [0.4, 0.5) is 5.82 Å². The zero-order chi connectivity index (χ0) is 13.1. The molecule has 0 bridgehead atoms. The Morgan fingerprint density at radius 3 is 3.00 bits per heavy atom. The molecule has 5 nitrogen and oxygen atoms in total. The maximum atomic E-state index is 11.5. The van der Waals surface area contributed by atoms with E-state index in [1.165, 1.54) is 0 Å². The average Bonchev–Trinajstić information content (AvgIpc) is 2.83. The molecule has 5 heteroatoms. The van der Waals surface area contributed by atoms with Gasteiger partial charge in [-0.15, -0.1) is 0 Å². The summed E-state index contributed by atoms with van der Waals surface area (Å²) in [6.45, 7) is 1.74. The van der Waals surface area contributed by atoms with Crippen LogP contribution < -0.4 is 10.6 Å². The molecule has 94 valence electrons. The van der Waals surface area contributed by atoms with Gasteiger partial charge in [-0.3, -0.25) is 4.79 Å². The van der Waals surface area contributed by atoms with Gasteiger partial charge in [0.1, 0.15) is 17.9 Å². The number of nitrogens with zero attached hydrogens (tertiary/aromatic N) is 2. The zero-order valence-electron chi connectivity index (χ0n) is 10.6. The van der Waals surface area contributed by atoms with Gasteiger partial charge in [-0.2, -0.15) is 5.26 Å². The fourth-order valence-electron chi connectivity index (χ4n) is 2.15. The summed E-state index contributed by atoms with van der Waals surface area (Å²) in [7, 11) is 1.59. The van der Waals surface area contributed by atoms with Crippen molar-refractivity contribution < 1.29 is 4.79 Å². The Morgan fingerprint density at radius 1 is 1.56 bits per heavy atom. The number of nitrogens with one attached hydrogen (secondary N) is 2. The Balaban J connectivity index is 2.28. The minimum Gasteiger partial charge on any atom is -0.358 e. The summed E-state index contributed by atoms with van der Waals surface area (Å²) in [6, 6.07) is 3.61. The van der Waals surface area contributed by atoms with Crippen molar-refractivity contribution in [3.63, 3.8) is 0 Å². The second kappa shape index (κ2) is 5.05. The molecule has 1 aliphatic rings. The van der Waals surface area contributed by atoms with Crippen molar-refractivity contribution in [2.24, 2.45) is 0 Å². The van der Waals surface area contributed by atoms with E-state index in [-0.39, 0.29) is 5.91 Å². The van der Waals surface area contributed by atoms with Crippen LogP contribution in [-0.2, 0) is 17.6 Å². The Morgan fingerprint density at radius 2 is 2.33 bits per heavy atom. The van der Waals surface area contributed by atoms with E-state index in [0.29, 0.717) is 11.4 Å².